The maximum atomic E-state index is 11.8. The second-order valence-corrected chi connectivity index (χ2v) is 6.45. The first-order valence-corrected chi connectivity index (χ1v) is 8.71. The number of likely N-dealkylation sites (N-methyl/N-ethyl adjacent to an activating group) is 1. The van der Waals surface area contributed by atoms with Crippen molar-refractivity contribution in [3.05, 3.63) is 41.2 Å². The Morgan fingerprint density at radius 2 is 2.04 bits per heavy atom. The number of aryl methyl sites for hydroxylation is 1. The molecule has 0 aliphatic rings. The number of nitrogens with zero attached hydrogens (tertiary/aromatic N) is 3. The molecular formula is C17H24N4OS. The van der Waals surface area contributed by atoms with Crippen molar-refractivity contribution in [1.29, 1.82) is 0 Å². The molecule has 1 aromatic heterocycles. The van der Waals surface area contributed by atoms with Crippen LogP contribution in [0.3, 0.4) is 0 Å². The van der Waals surface area contributed by atoms with Crippen LogP contribution in [0.25, 0.3) is 0 Å². The van der Waals surface area contributed by atoms with E-state index in [-0.39, 0.29) is 5.91 Å². The van der Waals surface area contributed by atoms with Gasteiger partial charge in [0, 0.05) is 31.5 Å². The molecule has 1 heterocycles. The third-order valence-corrected chi connectivity index (χ3v) is 4.37. The van der Waals surface area contributed by atoms with Crippen LogP contribution in [0.5, 0.6) is 0 Å². The average molecular weight is 332 g/mol. The Bertz CT molecular complexity index is 624. The van der Waals surface area contributed by atoms with Gasteiger partial charge < -0.3 is 10.2 Å². The van der Waals surface area contributed by atoms with E-state index in [1.165, 1.54) is 22.7 Å². The topological polar surface area (TPSA) is 58.1 Å². The summed E-state index contributed by atoms with van der Waals surface area (Å²) in [5, 5.41) is 3.69. The number of unbranched alkanes of at least 4 members (excludes halogenated alkanes) is 1. The number of nitrogens with one attached hydrogen (secondary N) is 1. The van der Waals surface area contributed by atoms with Gasteiger partial charge in [-0.25, -0.2) is 4.98 Å². The monoisotopic (exact) mass is 332 g/mol. The maximum absolute atomic E-state index is 11.8. The van der Waals surface area contributed by atoms with Gasteiger partial charge >= 0.3 is 0 Å². The van der Waals surface area contributed by atoms with Crippen LogP contribution in [0.15, 0.2) is 24.3 Å². The van der Waals surface area contributed by atoms with Crippen molar-refractivity contribution in [2.24, 2.45) is 0 Å². The summed E-state index contributed by atoms with van der Waals surface area (Å²) in [6.07, 6.45) is 2.80. The van der Waals surface area contributed by atoms with E-state index < -0.39 is 0 Å². The second-order valence-electron chi connectivity index (χ2n) is 5.72. The van der Waals surface area contributed by atoms with Gasteiger partial charge in [0.15, 0.2) is 0 Å². The number of amides is 1. The van der Waals surface area contributed by atoms with Gasteiger partial charge in [0.05, 0.1) is 6.54 Å². The summed E-state index contributed by atoms with van der Waals surface area (Å²) in [5.41, 5.74) is 2.44. The van der Waals surface area contributed by atoms with Crippen molar-refractivity contribution < 1.29 is 4.79 Å². The van der Waals surface area contributed by atoms with Crippen molar-refractivity contribution in [1.82, 2.24) is 14.7 Å². The minimum absolute atomic E-state index is 0.0243. The van der Waals surface area contributed by atoms with Crippen LogP contribution in [0.2, 0.25) is 0 Å². The predicted octanol–water partition coefficient (Wildman–Crippen LogP) is 2.79. The van der Waals surface area contributed by atoms with Crippen molar-refractivity contribution in [3.8, 4) is 0 Å². The molecule has 0 bridgehead atoms. The Morgan fingerprint density at radius 1 is 1.30 bits per heavy atom. The lowest BCUT2D eigenvalue weighted by molar-refractivity contribution is -0.119. The number of benzene rings is 1. The van der Waals surface area contributed by atoms with Gasteiger partial charge in [0.1, 0.15) is 5.82 Å². The van der Waals surface area contributed by atoms with E-state index >= 15 is 0 Å². The molecule has 124 valence electrons. The zero-order chi connectivity index (χ0) is 16.7. The first kappa shape index (κ1) is 17.4. The van der Waals surface area contributed by atoms with Crippen LogP contribution < -0.4 is 10.2 Å². The van der Waals surface area contributed by atoms with Gasteiger partial charge in [-0.05, 0) is 18.9 Å². The molecule has 0 atom stereocenters. The number of hydrogen-bond acceptors (Lipinski definition) is 5. The normalized spacial score (nSPS) is 10.6. The van der Waals surface area contributed by atoms with Crippen molar-refractivity contribution in [3.63, 3.8) is 0 Å². The van der Waals surface area contributed by atoms with Gasteiger partial charge in [-0.1, -0.05) is 43.2 Å². The molecule has 1 amide bonds. The molecule has 0 spiro atoms. The second kappa shape index (κ2) is 8.62. The van der Waals surface area contributed by atoms with E-state index in [9.17, 15) is 4.79 Å². The van der Waals surface area contributed by atoms with Crippen LogP contribution in [0, 0.1) is 6.92 Å². The van der Waals surface area contributed by atoms with Crippen molar-refractivity contribution in [2.45, 2.75) is 33.1 Å². The van der Waals surface area contributed by atoms with Gasteiger partial charge in [-0.2, -0.15) is 4.37 Å². The third-order valence-electron chi connectivity index (χ3n) is 3.50. The van der Waals surface area contributed by atoms with E-state index in [2.05, 4.69) is 52.8 Å². The van der Waals surface area contributed by atoms with Crippen LogP contribution >= 0.6 is 11.5 Å². The lowest BCUT2D eigenvalue weighted by atomic mass is 10.1. The van der Waals surface area contributed by atoms with Crippen molar-refractivity contribution in [2.75, 3.05) is 25.0 Å². The largest absolute Gasteiger partial charge is 0.355 e. The SMILES string of the molecule is CCCCNC(=O)CN(C)c1nc(Cc2ccc(C)cc2)ns1. The molecule has 23 heavy (non-hydrogen) atoms. The highest BCUT2D eigenvalue weighted by Gasteiger charge is 2.12. The van der Waals surface area contributed by atoms with E-state index in [0.717, 1.165) is 30.3 Å². The number of rotatable bonds is 8. The molecule has 0 radical (unpaired) electrons. The predicted molar refractivity (Wildman–Crippen MR) is 95.1 cm³/mol. The van der Waals surface area contributed by atoms with E-state index in [4.69, 9.17) is 0 Å². The van der Waals surface area contributed by atoms with E-state index in [1.54, 1.807) is 0 Å². The number of aromatic nitrogens is 2. The molecule has 2 rings (SSSR count). The van der Waals surface area contributed by atoms with Crippen molar-refractivity contribution >= 4 is 22.6 Å². The molecule has 0 fully saturated rings. The zero-order valence-corrected chi connectivity index (χ0v) is 14.8. The molecule has 1 N–H and O–H groups in total. The maximum Gasteiger partial charge on any atom is 0.239 e. The van der Waals surface area contributed by atoms with E-state index in [0.29, 0.717) is 13.0 Å². The molecule has 1 aromatic carbocycles. The Labute approximate surface area is 141 Å². The highest BCUT2D eigenvalue weighted by molar-refractivity contribution is 7.09. The van der Waals surface area contributed by atoms with Crippen LogP contribution in [-0.2, 0) is 11.2 Å². The molecule has 0 saturated carbocycles. The van der Waals surface area contributed by atoms with Crippen LogP contribution in [-0.4, -0.2) is 35.4 Å². The van der Waals surface area contributed by atoms with Gasteiger partial charge in [0.2, 0.25) is 11.0 Å². The molecule has 6 heteroatoms. The highest BCUT2D eigenvalue weighted by Crippen LogP contribution is 2.17. The summed E-state index contributed by atoms with van der Waals surface area (Å²) < 4.78 is 4.39. The van der Waals surface area contributed by atoms with Crippen LogP contribution in [0.1, 0.15) is 36.7 Å². The molecule has 2 aromatic rings. The molecular weight excluding hydrogens is 308 g/mol. The molecule has 5 nitrogen and oxygen atoms in total. The lowest BCUT2D eigenvalue weighted by Gasteiger charge is -2.14. The summed E-state index contributed by atoms with van der Waals surface area (Å²) in [6, 6.07) is 8.38. The standard InChI is InChI=1S/C17H24N4OS/c1-4-5-10-18-16(22)12-21(3)17-19-15(20-23-17)11-14-8-6-13(2)7-9-14/h6-9H,4-5,10-12H2,1-3H3,(H,18,22). The van der Waals surface area contributed by atoms with Gasteiger partial charge in [-0.15, -0.1) is 0 Å². The minimum atomic E-state index is 0.0243. The molecule has 0 aliphatic carbocycles. The quantitative estimate of drug-likeness (QED) is 0.755. The fourth-order valence-corrected chi connectivity index (χ4v) is 2.75. The zero-order valence-electron chi connectivity index (χ0n) is 14.0. The first-order valence-electron chi connectivity index (χ1n) is 7.94. The Hall–Kier alpha value is -1.95. The Balaban J connectivity index is 1.87. The number of carbonyl (C=O) groups is 1. The number of anilines is 1. The minimum Gasteiger partial charge on any atom is -0.355 e. The lowest BCUT2D eigenvalue weighted by Crippen LogP contribution is -2.35. The fraction of sp³-hybridized carbons (Fsp3) is 0.471. The molecule has 0 aliphatic heterocycles. The fourth-order valence-electron chi connectivity index (χ4n) is 2.10. The van der Waals surface area contributed by atoms with Crippen LogP contribution in [0.4, 0.5) is 5.13 Å². The number of hydrogen-bond donors (Lipinski definition) is 1. The summed E-state index contributed by atoms with van der Waals surface area (Å²) in [5.74, 6) is 0.823. The summed E-state index contributed by atoms with van der Waals surface area (Å²) >= 11 is 1.34. The number of carbonyl (C=O) groups excluding carboxylic acids is 1. The average Bonchev–Trinajstić information content (AvgIpc) is 2.98. The Kier molecular flexibility index (Phi) is 6.52. The first-order chi connectivity index (χ1) is 11.1. The summed E-state index contributed by atoms with van der Waals surface area (Å²) in [4.78, 5) is 18.2. The third kappa shape index (κ3) is 5.63. The Morgan fingerprint density at radius 3 is 2.74 bits per heavy atom. The van der Waals surface area contributed by atoms with E-state index in [1.807, 2.05) is 11.9 Å². The highest BCUT2D eigenvalue weighted by atomic mass is 32.1. The smallest absolute Gasteiger partial charge is 0.239 e. The van der Waals surface area contributed by atoms with Gasteiger partial charge in [-0.3, -0.25) is 4.79 Å². The summed E-state index contributed by atoms with van der Waals surface area (Å²) in [7, 11) is 1.87. The molecule has 0 unspecified atom stereocenters. The van der Waals surface area contributed by atoms with Gasteiger partial charge in [0.25, 0.3) is 0 Å². The molecule has 0 saturated heterocycles. The summed E-state index contributed by atoms with van der Waals surface area (Å²) in [6.45, 7) is 5.22.